The highest BCUT2D eigenvalue weighted by Crippen LogP contribution is 2.29. The molecule has 2 aromatic rings. The molecule has 0 aliphatic rings. The Morgan fingerprint density at radius 3 is 2.54 bits per heavy atom. The molecule has 7 nitrogen and oxygen atoms in total. The molecule has 0 aliphatic carbocycles. The number of halogens is 1. The van der Waals surface area contributed by atoms with Crippen LogP contribution in [0.5, 0.6) is 5.75 Å². The second-order valence-corrected chi connectivity index (χ2v) is 8.65. The highest BCUT2D eigenvalue weighted by atomic mass is 79.9. The van der Waals surface area contributed by atoms with Gasteiger partial charge in [0, 0.05) is 4.47 Å². The van der Waals surface area contributed by atoms with Crippen molar-refractivity contribution in [2.45, 2.75) is 6.92 Å². The molecule has 9 heteroatoms. The average Bonchev–Trinajstić information content (AvgIpc) is 2.64. The molecule has 0 bridgehead atoms. The summed E-state index contributed by atoms with van der Waals surface area (Å²) in [6.45, 7) is 5.62. The molecule has 0 atom stereocenters. The number of nitrogens with one attached hydrogen (secondary N) is 2. The maximum atomic E-state index is 12.4. The fraction of sp³-hybridized carbons (Fsp3) is 0.211. The van der Waals surface area contributed by atoms with E-state index in [9.17, 15) is 13.2 Å². The van der Waals surface area contributed by atoms with Gasteiger partial charge in [-0.3, -0.25) is 20.0 Å². The molecule has 1 amide bonds. The minimum atomic E-state index is -3.71. The van der Waals surface area contributed by atoms with E-state index >= 15 is 0 Å². The van der Waals surface area contributed by atoms with Crippen molar-refractivity contribution >= 4 is 43.2 Å². The second-order valence-electron chi connectivity index (χ2n) is 5.83. The van der Waals surface area contributed by atoms with Crippen LogP contribution in [0.3, 0.4) is 0 Å². The summed E-state index contributed by atoms with van der Waals surface area (Å²) in [7, 11) is -3.71. The maximum Gasteiger partial charge on any atom is 0.259 e. The van der Waals surface area contributed by atoms with Crippen LogP contribution in [0.15, 0.2) is 59.6 Å². The molecular formula is C19H22BrN3O4S. The molecule has 2 N–H and O–H groups in total. The first-order chi connectivity index (χ1) is 13.2. The smallest absolute Gasteiger partial charge is 0.259 e. The van der Waals surface area contributed by atoms with Gasteiger partial charge in [0.1, 0.15) is 12.3 Å². The van der Waals surface area contributed by atoms with Gasteiger partial charge in [0.2, 0.25) is 10.0 Å². The lowest BCUT2D eigenvalue weighted by atomic mass is 10.2. The van der Waals surface area contributed by atoms with E-state index in [0.717, 1.165) is 20.6 Å². The van der Waals surface area contributed by atoms with Crippen molar-refractivity contribution in [2.24, 2.45) is 0 Å². The van der Waals surface area contributed by atoms with Crippen molar-refractivity contribution in [2.75, 3.05) is 23.7 Å². The molecule has 0 saturated heterocycles. The number of benzene rings is 2. The summed E-state index contributed by atoms with van der Waals surface area (Å²) >= 11 is 3.37. The fourth-order valence-corrected chi connectivity index (χ4v) is 3.64. The van der Waals surface area contributed by atoms with Crippen molar-refractivity contribution in [1.29, 1.82) is 0 Å². The van der Waals surface area contributed by atoms with Crippen LogP contribution in [0.25, 0.3) is 5.70 Å². The average molecular weight is 468 g/mol. The summed E-state index contributed by atoms with van der Waals surface area (Å²) in [6.07, 6.45) is 1.04. The summed E-state index contributed by atoms with van der Waals surface area (Å²) in [4.78, 5) is 12.4. The van der Waals surface area contributed by atoms with E-state index in [1.54, 1.807) is 31.2 Å². The summed E-state index contributed by atoms with van der Waals surface area (Å²) in [5.41, 5.74) is 6.72. The quantitative estimate of drug-likeness (QED) is 0.553. The predicted molar refractivity (Wildman–Crippen MR) is 114 cm³/mol. The van der Waals surface area contributed by atoms with Gasteiger partial charge in [-0.05, 0) is 36.8 Å². The number of carbonyl (C=O) groups is 1. The predicted octanol–water partition coefficient (Wildman–Crippen LogP) is 2.91. The van der Waals surface area contributed by atoms with Gasteiger partial charge in [-0.1, -0.05) is 46.8 Å². The van der Waals surface area contributed by atoms with Crippen LogP contribution >= 0.6 is 15.9 Å². The molecule has 0 spiro atoms. The number of hydrogen-bond acceptors (Lipinski definition) is 5. The van der Waals surface area contributed by atoms with E-state index in [-0.39, 0.29) is 0 Å². The Bertz CT molecular complexity index is 963. The lowest BCUT2D eigenvalue weighted by Gasteiger charge is -2.24. The van der Waals surface area contributed by atoms with Gasteiger partial charge >= 0.3 is 0 Å². The SMILES string of the molecule is C=C(NNC(=O)CN(c1ccccc1OCC)S(C)(=O)=O)c1cccc(Br)c1. The van der Waals surface area contributed by atoms with Crippen LogP contribution in [0, 0.1) is 0 Å². The highest BCUT2D eigenvalue weighted by molar-refractivity contribution is 9.10. The minimum Gasteiger partial charge on any atom is -0.492 e. The van der Waals surface area contributed by atoms with Gasteiger partial charge in [0.15, 0.2) is 0 Å². The first kappa shape index (κ1) is 21.8. The van der Waals surface area contributed by atoms with E-state index in [0.29, 0.717) is 23.7 Å². The van der Waals surface area contributed by atoms with Crippen molar-refractivity contribution in [3.8, 4) is 5.75 Å². The van der Waals surface area contributed by atoms with Gasteiger partial charge < -0.3 is 4.74 Å². The zero-order valence-corrected chi connectivity index (χ0v) is 18.0. The molecule has 0 unspecified atom stereocenters. The number of sulfonamides is 1. The zero-order chi connectivity index (χ0) is 20.7. The lowest BCUT2D eigenvalue weighted by molar-refractivity contribution is -0.120. The number of para-hydroxylation sites is 2. The molecule has 0 aliphatic heterocycles. The first-order valence-electron chi connectivity index (χ1n) is 8.41. The lowest BCUT2D eigenvalue weighted by Crippen LogP contribution is -2.45. The number of ether oxygens (including phenoxy) is 1. The van der Waals surface area contributed by atoms with E-state index in [1.165, 1.54) is 0 Å². The molecule has 2 aromatic carbocycles. The van der Waals surface area contributed by atoms with Crippen LogP contribution in [0.4, 0.5) is 5.69 Å². The van der Waals surface area contributed by atoms with Crippen LogP contribution in [0.2, 0.25) is 0 Å². The third-order valence-corrected chi connectivity index (χ3v) is 5.27. The molecule has 0 radical (unpaired) electrons. The standard InChI is InChI=1S/C19H22BrN3O4S/c1-4-27-18-11-6-5-10-17(18)23(28(3,25)26)13-19(24)22-21-14(2)15-8-7-9-16(20)12-15/h5-12,21H,2,4,13H2,1,3H3,(H,22,24). The molecular weight excluding hydrogens is 446 g/mol. The minimum absolute atomic E-state index is 0.299. The second kappa shape index (κ2) is 9.61. The number of amides is 1. The van der Waals surface area contributed by atoms with Crippen molar-refractivity contribution < 1.29 is 17.9 Å². The third kappa shape index (κ3) is 6.00. The Hall–Kier alpha value is -2.52. The van der Waals surface area contributed by atoms with Crippen LogP contribution in [-0.4, -0.2) is 33.7 Å². The summed E-state index contributed by atoms with van der Waals surface area (Å²) < 4.78 is 31.9. The zero-order valence-electron chi connectivity index (χ0n) is 15.6. The highest BCUT2D eigenvalue weighted by Gasteiger charge is 2.23. The number of nitrogens with zero attached hydrogens (tertiary/aromatic N) is 1. The third-order valence-electron chi connectivity index (χ3n) is 3.65. The van der Waals surface area contributed by atoms with E-state index in [2.05, 4.69) is 33.4 Å². The number of hydrazine groups is 1. The van der Waals surface area contributed by atoms with Crippen LogP contribution < -0.4 is 19.9 Å². The summed E-state index contributed by atoms with van der Waals surface area (Å²) in [5.74, 6) is -0.164. The summed E-state index contributed by atoms with van der Waals surface area (Å²) in [5, 5.41) is 0. The monoisotopic (exact) mass is 467 g/mol. The molecule has 150 valence electrons. The number of carbonyl (C=O) groups excluding carboxylic acids is 1. The number of hydrogen-bond donors (Lipinski definition) is 2. The molecule has 0 saturated carbocycles. The molecule has 0 heterocycles. The van der Waals surface area contributed by atoms with Crippen molar-refractivity contribution in [1.82, 2.24) is 10.9 Å². The van der Waals surface area contributed by atoms with E-state index in [1.807, 2.05) is 24.3 Å². The Morgan fingerprint density at radius 2 is 1.89 bits per heavy atom. The molecule has 0 fully saturated rings. The van der Waals surface area contributed by atoms with Gasteiger partial charge in [0.25, 0.3) is 5.91 Å². The Kier molecular flexibility index (Phi) is 7.47. The van der Waals surface area contributed by atoms with Gasteiger partial charge in [0.05, 0.1) is 24.2 Å². The van der Waals surface area contributed by atoms with Gasteiger partial charge in [-0.2, -0.15) is 0 Å². The van der Waals surface area contributed by atoms with E-state index < -0.39 is 22.5 Å². The number of rotatable bonds is 9. The topological polar surface area (TPSA) is 87.7 Å². The molecule has 28 heavy (non-hydrogen) atoms. The Labute approximate surface area is 173 Å². The Morgan fingerprint density at radius 1 is 1.18 bits per heavy atom. The Balaban J connectivity index is 2.11. The van der Waals surface area contributed by atoms with E-state index in [4.69, 9.17) is 4.74 Å². The van der Waals surface area contributed by atoms with Crippen LogP contribution in [-0.2, 0) is 14.8 Å². The van der Waals surface area contributed by atoms with Crippen molar-refractivity contribution in [3.05, 3.63) is 65.1 Å². The van der Waals surface area contributed by atoms with Gasteiger partial charge in [-0.25, -0.2) is 8.42 Å². The van der Waals surface area contributed by atoms with Crippen molar-refractivity contribution in [3.63, 3.8) is 0 Å². The maximum absolute atomic E-state index is 12.4. The molecule has 0 aromatic heterocycles. The first-order valence-corrected chi connectivity index (χ1v) is 11.1. The van der Waals surface area contributed by atoms with Gasteiger partial charge in [-0.15, -0.1) is 0 Å². The summed E-state index contributed by atoms with van der Waals surface area (Å²) in [6, 6.07) is 14.0. The number of anilines is 1. The largest absolute Gasteiger partial charge is 0.492 e. The van der Waals surface area contributed by atoms with Crippen LogP contribution in [0.1, 0.15) is 12.5 Å². The normalized spacial score (nSPS) is 10.8. The fourth-order valence-electron chi connectivity index (χ4n) is 2.39. The molecule has 2 rings (SSSR count).